The minimum absolute atomic E-state index is 0.0151. The number of rotatable bonds is 5. The first-order valence-corrected chi connectivity index (χ1v) is 8.45. The lowest BCUT2D eigenvalue weighted by atomic mass is 10.1. The molecule has 0 spiro atoms. The van der Waals surface area contributed by atoms with Gasteiger partial charge in [-0.3, -0.25) is 14.4 Å². The maximum Gasteiger partial charge on any atom is 0.223 e. The van der Waals surface area contributed by atoms with Crippen molar-refractivity contribution in [2.45, 2.75) is 32.7 Å². The molecule has 1 aromatic carbocycles. The van der Waals surface area contributed by atoms with Crippen LogP contribution in [0.3, 0.4) is 0 Å². The van der Waals surface area contributed by atoms with Crippen LogP contribution in [0.2, 0.25) is 0 Å². The molecule has 1 aliphatic heterocycles. The fraction of sp³-hybridized carbons (Fsp3) is 0.500. The average Bonchev–Trinajstić information content (AvgIpc) is 2.60. The Morgan fingerprint density at radius 3 is 2.16 bits per heavy atom. The topological polar surface area (TPSA) is 69.7 Å². The van der Waals surface area contributed by atoms with E-state index in [0.29, 0.717) is 26.2 Å². The molecule has 1 aliphatic rings. The SMILES string of the molecule is CC(=O)N1CCN(C(=O)CCC(=O)N[C@H](C)c2ccc(F)cc2)CC1. The fourth-order valence-electron chi connectivity index (χ4n) is 2.80. The molecule has 0 aliphatic carbocycles. The molecule has 136 valence electrons. The number of carbonyl (C=O) groups is 3. The van der Waals surface area contributed by atoms with E-state index in [-0.39, 0.29) is 42.4 Å². The van der Waals surface area contributed by atoms with Crippen molar-refractivity contribution >= 4 is 17.7 Å². The van der Waals surface area contributed by atoms with E-state index in [9.17, 15) is 18.8 Å². The summed E-state index contributed by atoms with van der Waals surface area (Å²) >= 11 is 0. The van der Waals surface area contributed by atoms with E-state index in [1.54, 1.807) is 21.9 Å². The first-order chi connectivity index (χ1) is 11.9. The molecule has 0 aromatic heterocycles. The van der Waals surface area contributed by atoms with Crippen molar-refractivity contribution in [1.29, 1.82) is 0 Å². The third kappa shape index (κ3) is 5.55. The van der Waals surface area contributed by atoms with Crippen LogP contribution < -0.4 is 5.32 Å². The Kier molecular flexibility index (Phi) is 6.50. The maximum atomic E-state index is 12.9. The van der Waals surface area contributed by atoms with Crippen LogP contribution >= 0.6 is 0 Å². The first kappa shape index (κ1) is 18.9. The van der Waals surface area contributed by atoms with Crippen molar-refractivity contribution in [3.05, 3.63) is 35.6 Å². The number of benzene rings is 1. The monoisotopic (exact) mass is 349 g/mol. The molecule has 1 fully saturated rings. The second-order valence-electron chi connectivity index (χ2n) is 6.23. The molecule has 1 N–H and O–H groups in total. The summed E-state index contributed by atoms with van der Waals surface area (Å²) in [5.41, 5.74) is 0.807. The molecule has 3 amide bonds. The zero-order valence-electron chi connectivity index (χ0n) is 14.6. The highest BCUT2D eigenvalue weighted by Crippen LogP contribution is 2.13. The number of hydrogen-bond acceptors (Lipinski definition) is 3. The zero-order chi connectivity index (χ0) is 18.4. The number of halogens is 1. The summed E-state index contributed by atoms with van der Waals surface area (Å²) in [5.74, 6) is -0.598. The summed E-state index contributed by atoms with van der Waals surface area (Å²) in [5, 5.41) is 2.81. The molecule has 2 rings (SSSR count). The number of amides is 3. The van der Waals surface area contributed by atoms with E-state index in [1.807, 2.05) is 6.92 Å². The van der Waals surface area contributed by atoms with Gasteiger partial charge in [-0.1, -0.05) is 12.1 Å². The summed E-state index contributed by atoms with van der Waals surface area (Å²) in [7, 11) is 0. The van der Waals surface area contributed by atoms with Crippen LogP contribution in [0.5, 0.6) is 0 Å². The summed E-state index contributed by atoms with van der Waals surface area (Å²) in [6, 6.07) is 5.70. The smallest absolute Gasteiger partial charge is 0.223 e. The summed E-state index contributed by atoms with van der Waals surface area (Å²) < 4.78 is 12.9. The van der Waals surface area contributed by atoms with Gasteiger partial charge < -0.3 is 15.1 Å². The van der Waals surface area contributed by atoms with Crippen molar-refractivity contribution < 1.29 is 18.8 Å². The predicted octanol–water partition coefficient (Wildman–Crippen LogP) is 1.47. The molecule has 1 aromatic rings. The maximum absolute atomic E-state index is 12.9. The van der Waals surface area contributed by atoms with Gasteiger partial charge in [0.2, 0.25) is 17.7 Å². The molecule has 0 radical (unpaired) electrons. The highest BCUT2D eigenvalue weighted by Gasteiger charge is 2.22. The molecule has 0 saturated carbocycles. The number of nitrogens with zero attached hydrogens (tertiary/aromatic N) is 2. The van der Waals surface area contributed by atoms with Crippen LogP contribution in [0, 0.1) is 5.82 Å². The highest BCUT2D eigenvalue weighted by atomic mass is 19.1. The van der Waals surface area contributed by atoms with Gasteiger partial charge in [0.15, 0.2) is 0 Å². The molecular formula is C18H24FN3O3. The predicted molar refractivity (Wildman–Crippen MR) is 91.0 cm³/mol. The van der Waals surface area contributed by atoms with E-state index in [1.165, 1.54) is 19.1 Å². The number of nitrogens with one attached hydrogen (secondary N) is 1. The van der Waals surface area contributed by atoms with Gasteiger partial charge in [0.05, 0.1) is 6.04 Å². The van der Waals surface area contributed by atoms with Gasteiger partial charge in [-0.2, -0.15) is 0 Å². The van der Waals surface area contributed by atoms with Crippen LogP contribution in [0.4, 0.5) is 4.39 Å². The fourth-order valence-corrected chi connectivity index (χ4v) is 2.80. The molecular weight excluding hydrogens is 325 g/mol. The zero-order valence-corrected chi connectivity index (χ0v) is 14.6. The second kappa shape index (κ2) is 8.60. The Morgan fingerprint density at radius 2 is 1.60 bits per heavy atom. The lowest BCUT2D eigenvalue weighted by molar-refractivity contribution is -0.139. The van der Waals surface area contributed by atoms with Crippen LogP contribution in [-0.2, 0) is 14.4 Å². The Balaban J connectivity index is 1.73. The lowest BCUT2D eigenvalue weighted by Gasteiger charge is -2.34. The van der Waals surface area contributed by atoms with Gasteiger partial charge in [0.25, 0.3) is 0 Å². The molecule has 1 heterocycles. The van der Waals surface area contributed by atoms with Crippen molar-refractivity contribution in [2.75, 3.05) is 26.2 Å². The Bertz CT molecular complexity index is 625. The molecule has 7 heteroatoms. The third-order valence-corrected chi connectivity index (χ3v) is 4.39. The first-order valence-electron chi connectivity index (χ1n) is 8.45. The van der Waals surface area contributed by atoms with E-state index < -0.39 is 0 Å². The van der Waals surface area contributed by atoms with Crippen molar-refractivity contribution in [1.82, 2.24) is 15.1 Å². The number of carbonyl (C=O) groups excluding carboxylic acids is 3. The molecule has 1 atom stereocenters. The Labute approximate surface area is 147 Å². The second-order valence-corrected chi connectivity index (χ2v) is 6.23. The van der Waals surface area contributed by atoms with Gasteiger partial charge in [-0.15, -0.1) is 0 Å². The van der Waals surface area contributed by atoms with E-state index >= 15 is 0 Å². The Morgan fingerprint density at radius 1 is 1.04 bits per heavy atom. The van der Waals surface area contributed by atoms with Crippen LogP contribution in [0.15, 0.2) is 24.3 Å². The van der Waals surface area contributed by atoms with Gasteiger partial charge in [0.1, 0.15) is 5.82 Å². The van der Waals surface area contributed by atoms with Crippen molar-refractivity contribution in [3.63, 3.8) is 0 Å². The van der Waals surface area contributed by atoms with E-state index in [0.717, 1.165) is 5.56 Å². The van der Waals surface area contributed by atoms with Gasteiger partial charge >= 0.3 is 0 Å². The Hall–Kier alpha value is -2.44. The molecule has 0 bridgehead atoms. The summed E-state index contributed by atoms with van der Waals surface area (Å²) in [4.78, 5) is 38.9. The van der Waals surface area contributed by atoms with Gasteiger partial charge in [-0.25, -0.2) is 4.39 Å². The minimum atomic E-state index is -0.322. The minimum Gasteiger partial charge on any atom is -0.350 e. The standard InChI is InChI=1S/C18H24FN3O3/c1-13(15-3-5-16(19)6-4-15)20-17(24)7-8-18(25)22-11-9-21(10-12-22)14(2)23/h3-6,13H,7-12H2,1-2H3,(H,20,24)/t13-/m1/s1. The molecule has 6 nitrogen and oxygen atoms in total. The number of hydrogen-bond donors (Lipinski definition) is 1. The molecule has 1 saturated heterocycles. The van der Waals surface area contributed by atoms with Gasteiger partial charge in [-0.05, 0) is 24.6 Å². The summed E-state index contributed by atoms with van der Waals surface area (Å²) in [6.45, 7) is 5.42. The largest absolute Gasteiger partial charge is 0.350 e. The van der Waals surface area contributed by atoms with Gasteiger partial charge in [0, 0.05) is 45.9 Å². The van der Waals surface area contributed by atoms with E-state index in [4.69, 9.17) is 0 Å². The molecule has 0 unspecified atom stereocenters. The van der Waals surface area contributed by atoms with E-state index in [2.05, 4.69) is 5.32 Å². The number of piperazine rings is 1. The van der Waals surface area contributed by atoms with Crippen molar-refractivity contribution in [2.24, 2.45) is 0 Å². The highest BCUT2D eigenvalue weighted by molar-refractivity contribution is 5.84. The normalized spacial score (nSPS) is 15.6. The van der Waals surface area contributed by atoms with Crippen LogP contribution in [0.1, 0.15) is 38.3 Å². The van der Waals surface area contributed by atoms with Crippen LogP contribution in [-0.4, -0.2) is 53.7 Å². The summed E-state index contributed by atoms with van der Waals surface area (Å²) in [6.07, 6.45) is 0.249. The lowest BCUT2D eigenvalue weighted by Crippen LogP contribution is -2.50. The third-order valence-electron chi connectivity index (χ3n) is 4.39. The van der Waals surface area contributed by atoms with Crippen molar-refractivity contribution in [3.8, 4) is 0 Å². The average molecular weight is 349 g/mol. The quantitative estimate of drug-likeness (QED) is 0.875. The van der Waals surface area contributed by atoms with Crippen LogP contribution in [0.25, 0.3) is 0 Å². The molecule has 25 heavy (non-hydrogen) atoms.